The van der Waals surface area contributed by atoms with E-state index in [-0.39, 0.29) is 23.5 Å². The molecule has 3 N–H and O–H groups in total. The molecule has 21 heavy (non-hydrogen) atoms. The highest BCUT2D eigenvalue weighted by Gasteiger charge is 2.04. The Morgan fingerprint density at radius 3 is 2.62 bits per heavy atom. The van der Waals surface area contributed by atoms with Crippen molar-refractivity contribution in [2.45, 2.75) is 6.61 Å². The first-order valence-corrected chi connectivity index (χ1v) is 6.32. The van der Waals surface area contributed by atoms with Crippen molar-refractivity contribution < 1.29 is 4.74 Å². The molecule has 108 valence electrons. The third kappa shape index (κ3) is 3.17. The molecule has 0 aliphatic heterocycles. The Morgan fingerprint density at radius 1 is 1.10 bits per heavy atom. The molecule has 0 amide bonds. The molecule has 0 aliphatic rings. The van der Waals surface area contributed by atoms with Crippen molar-refractivity contribution >= 4 is 29.0 Å². The second-order valence-corrected chi connectivity index (χ2v) is 4.55. The monoisotopic (exact) mass is 302 g/mol. The van der Waals surface area contributed by atoms with Crippen molar-refractivity contribution in [3.05, 3.63) is 70.5 Å². The zero-order valence-electron chi connectivity index (χ0n) is 11.2. The smallest absolute Gasteiger partial charge is 0.212 e. The van der Waals surface area contributed by atoms with Gasteiger partial charge in [-0.3, -0.25) is 4.79 Å². The van der Waals surface area contributed by atoms with Gasteiger partial charge in [-0.15, -0.1) is 12.4 Å². The Kier molecular flexibility index (Phi) is 4.50. The molecule has 0 aliphatic carbocycles. The van der Waals surface area contributed by atoms with E-state index in [2.05, 4.69) is 4.98 Å². The van der Waals surface area contributed by atoms with E-state index >= 15 is 0 Å². The van der Waals surface area contributed by atoms with Crippen LogP contribution < -0.4 is 15.9 Å². The van der Waals surface area contributed by atoms with Crippen molar-refractivity contribution in [2.75, 3.05) is 5.73 Å². The van der Waals surface area contributed by atoms with E-state index in [4.69, 9.17) is 10.5 Å². The van der Waals surface area contributed by atoms with E-state index < -0.39 is 0 Å². The molecule has 0 saturated carbocycles. The number of nitrogens with one attached hydrogen (secondary N) is 1. The van der Waals surface area contributed by atoms with E-state index in [0.717, 1.165) is 11.1 Å². The molecule has 4 nitrogen and oxygen atoms in total. The molecule has 0 atom stereocenters. The van der Waals surface area contributed by atoms with Gasteiger partial charge in [0.1, 0.15) is 12.4 Å². The van der Waals surface area contributed by atoms with Crippen molar-refractivity contribution in [3.8, 4) is 5.75 Å². The molecule has 0 spiro atoms. The molecule has 0 unspecified atom stereocenters. The standard InChI is InChI=1S/C16H14N2O2.ClH/c17-14-9-18-15-8-12(6-7-13(15)16(14)19)20-10-11-4-2-1-3-5-11;/h1-9H,10,17H2,(H,18,19);1H. The number of rotatable bonds is 3. The summed E-state index contributed by atoms with van der Waals surface area (Å²) in [6.45, 7) is 0.492. The van der Waals surface area contributed by atoms with Gasteiger partial charge in [0.25, 0.3) is 0 Å². The summed E-state index contributed by atoms with van der Waals surface area (Å²) in [6, 6.07) is 15.2. The van der Waals surface area contributed by atoms with Crippen LogP contribution in [0.25, 0.3) is 10.9 Å². The van der Waals surface area contributed by atoms with Crippen LogP contribution in [0.1, 0.15) is 5.56 Å². The largest absolute Gasteiger partial charge is 0.489 e. The molecule has 0 bridgehead atoms. The number of ether oxygens (including phenoxy) is 1. The quantitative estimate of drug-likeness (QED) is 0.781. The summed E-state index contributed by atoms with van der Waals surface area (Å²) < 4.78 is 5.72. The molecule has 2 aromatic carbocycles. The van der Waals surface area contributed by atoms with Gasteiger partial charge in [0.05, 0.1) is 11.2 Å². The number of pyridine rings is 1. The average molecular weight is 303 g/mol. The molecule has 0 fully saturated rings. The number of hydrogen-bond acceptors (Lipinski definition) is 3. The van der Waals surface area contributed by atoms with E-state index in [9.17, 15) is 4.79 Å². The number of benzene rings is 2. The van der Waals surface area contributed by atoms with Gasteiger partial charge < -0.3 is 15.5 Å². The lowest BCUT2D eigenvalue weighted by atomic mass is 10.2. The fraction of sp³-hybridized carbons (Fsp3) is 0.0625. The van der Waals surface area contributed by atoms with Gasteiger partial charge >= 0.3 is 0 Å². The van der Waals surface area contributed by atoms with Gasteiger partial charge in [-0.05, 0) is 17.7 Å². The van der Waals surface area contributed by atoms with Crippen molar-refractivity contribution in [2.24, 2.45) is 0 Å². The molecule has 1 heterocycles. The normalized spacial score (nSPS) is 10.1. The molecule has 0 saturated heterocycles. The predicted molar refractivity (Wildman–Crippen MR) is 87.0 cm³/mol. The third-order valence-electron chi connectivity index (χ3n) is 3.13. The van der Waals surface area contributed by atoms with Gasteiger partial charge in [-0.25, -0.2) is 0 Å². The van der Waals surface area contributed by atoms with Crippen LogP contribution in [0.5, 0.6) is 5.75 Å². The molecule has 1 aromatic heterocycles. The first-order chi connectivity index (χ1) is 9.74. The lowest BCUT2D eigenvalue weighted by molar-refractivity contribution is 0.306. The minimum absolute atomic E-state index is 0. The molecule has 0 radical (unpaired) electrons. The summed E-state index contributed by atoms with van der Waals surface area (Å²) in [4.78, 5) is 14.8. The number of nitrogen functional groups attached to an aromatic ring is 1. The van der Waals surface area contributed by atoms with Crippen LogP contribution in [-0.2, 0) is 6.61 Å². The Bertz CT molecular complexity index is 800. The van der Waals surface area contributed by atoms with E-state index in [1.54, 1.807) is 18.2 Å². The summed E-state index contributed by atoms with van der Waals surface area (Å²) in [5.74, 6) is 0.710. The lowest BCUT2D eigenvalue weighted by Crippen LogP contribution is -2.08. The molecule has 3 rings (SSSR count). The molecule has 3 aromatic rings. The van der Waals surface area contributed by atoms with E-state index in [0.29, 0.717) is 17.7 Å². The summed E-state index contributed by atoms with van der Waals surface area (Å²) in [5.41, 5.74) is 7.46. The van der Waals surface area contributed by atoms with Crippen molar-refractivity contribution in [3.63, 3.8) is 0 Å². The number of H-pyrrole nitrogens is 1. The van der Waals surface area contributed by atoms with E-state index in [1.807, 2.05) is 30.3 Å². The van der Waals surface area contributed by atoms with Gasteiger partial charge in [0.2, 0.25) is 5.43 Å². The Labute approximate surface area is 128 Å². The van der Waals surface area contributed by atoms with Gasteiger partial charge in [0.15, 0.2) is 0 Å². The molecule has 5 heteroatoms. The first kappa shape index (κ1) is 14.9. The van der Waals surface area contributed by atoms with Gasteiger partial charge in [-0.2, -0.15) is 0 Å². The van der Waals surface area contributed by atoms with Crippen LogP contribution >= 0.6 is 12.4 Å². The van der Waals surface area contributed by atoms with Crippen LogP contribution in [0.15, 0.2) is 59.5 Å². The van der Waals surface area contributed by atoms with Crippen LogP contribution in [0.3, 0.4) is 0 Å². The number of aromatic nitrogens is 1. The maximum Gasteiger partial charge on any atom is 0.212 e. The lowest BCUT2D eigenvalue weighted by Gasteiger charge is -2.07. The highest BCUT2D eigenvalue weighted by atomic mass is 35.5. The first-order valence-electron chi connectivity index (χ1n) is 6.32. The number of nitrogens with two attached hydrogens (primary N) is 1. The minimum atomic E-state index is -0.159. The number of anilines is 1. The number of aromatic amines is 1. The van der Waals surface area contributed by atoms with Crippen LogP contribution in [0.2, 0.25) is 0 Å². The summed E-state index contributed by atoms with van der Waals surface area (Å²) >= 11 is 0. The fourth-order valence-electron chi connectivity index (χ4n) is 2.05. The maximum atomic E-state index is 11.8. The molecular formula is C16H15ClN2O2. The Balaban J connectivity index is 0.00000161. The number of hydrogen-bond donors (Lipinski definition) is 2. The zero-order valence-corrected chi connectivity index (χ0v) is 12.0. The second-order valence-electron chi connectivity index (χ2n) is 4.55. The SMILES string of the molecule is Cl.Nc1c[nH]c2cc(OCc3ccccc3)ccc2c1=O. The van der Waals surface area contributed by atoms with E-state index in [1.165, 1.54) is 6.20 Å². The summed E-state index contributed by atoms with van der Waals surface area (Å²) in [7, 11) is 0. The van der Waals surface area contributed by atoms with Gasteiger partial charge in [-0.1, -0.05) is 30.3 Å². The van der Waals surface area contributed by atoms with Crippen LogP contribution in [0, 0.1) is 0 Å². The van der Waals surface area contributed by atoms with Crippen molar-refractivity contribution in [1.29, 1.82) is 0 Å². The summed E-state index contributed by atoms with van der Waals surface area (Å²) in [5, 5.41) is 0.567. The zero-order chi connectivity index (χ0) is 13.9. The van der Waals surface area contributed by atoms with Crippen LogP contribution in [-0.4, -0.2) is 4.98 Å². The minimum Gasteiger partial charge on any atom is -0.489 e. The van der Waals surface area contributed by atoms with Crippen LogP contribution in [0.4, 0.5) is 5.69 Å². The fourth-order valence-corrected chi connectivity index (χ4v) is 2.05. The number of halogens is 1. The maximum absolute atomic E-state index is 11.8. The predicted octanol–water partition coefficient (Wildman–Crippen LogP) is 3.11. The highest BCUT2D eigenvalue weighted by molar-refractivity contribution is 5.85. The molecular weight excluding hydrogens is 288 g/mol. The Hall–Kier alpha value is -2.46. The average Bonchev–Trinajstić information content (AvgIpc) is 2.50. The van der Waals surface area contributed by atoms with Crippen molar-refractivity contribution in [1.82, 2.24) is 4.98 Å². The highest BCUT2D eigenvalue weighted by Crippen LogP contribution is 2.18. The summed E-state index contributed by atoms with van der Waals surface area (Å²) in [6.07, 6.45) is 1.51. The second kappa shape index (κ2) is 6.33. The third-order valence-corrected chi connectivity index (χ3v) is 3.13. The topological polar surface area (TPSA) is 68.1 Å². The van der Waals surface area contributed by atoms with Gasteiger partial charge in [0, 0.05) is 17.6 Å². The number of fused-ring (bicyclic) bond motifs is 1. The Morgan fingerprint density at radius 2 is 1.86 bits per heavy atom.